The summed E-state index contributed by atoms with van der Waals surface area (Å²) in [4.78, 5) is 14.3. The number of hydrogen-bond acceptors (Lipinski definition) is 4. The summed E-state index contributed by atoms with van der Waals surface area (Å²) in [5.41, 5.74) is 0.704. The molecule has 1 unspecified atom stereocenters. The van der Waals surface area contributed by atoms with Gasteiger partial charge in [-0.15, -0.1) is 6.42 Å². The van der Waals surface area contributed by atoms with E-state index in [-0.39, 0.29) is 35.5 Å². The first kappa shape index (κ1) is 21.5. The molecule has 0 heterocycles. The molecule has 0 spiro atoms. The Kier molecular flexibility index (Phi) is 7.18. The number of carbonyl (C=O) groups excluding carboxylic acids is 1. The molecule has 0 aliphatic rings. The van der Waals surface area contributed by atoms with Crippen LogP contribution in [-0.4, -0.2) is 38.6 Å². The van der Waals surface area contributed by atoms with Gasteiger partial charge in [-0.2, -0.15) is 0 Å². The lowest BCUT2D eigenvalue weighted by atomic mass is 10.1. The average molecular weight is 403 g/mol. The first-order chi connectivity index (χ1) is 13.3. The fourth-order valence-corrected chi connectivity index (χ4v) is 4.27. The number of rotatable bonds is 8. The van der Waals surface area contributed by atoms with Gasteiger partial charge in [-0.05, 0) is 42.0 Å². The summed E-state index contributed by atoms with van der Waals surface area (Å²) in [6.45, 7) is 1.76. The largest absolute Gasteiger partial charge is 0.497 e. The maximum absolute atomic E-state index is 13.1. The summed E-state index contributed by atoms with van der Waals surface area (Å²) >= 11 is 0. The first-order valence-electron chi connectivity index (χ1n) is 8.60. The normalized spacial score (nSPS) is 12.1. The lowest BCUT2D eigenvalue weighted by Crippen LogP contribution is -2.37. The van der Waals surface area contributed by atoms with Gasteiger partial charge in [-0.25, -0.2) is 12.8 Å². The van der Waals surface area contributed by atoms with Crippen LogP contribution in [0.25, 0.3) is 0 Å². The second-order valence-corrected chi connectivity index (χ2v) is 8.42. The molecule has 0 saturated heterocycles. The van der Waals surface area contributed by atoms with Gasteiger partial charge in [0.25, 0.3) is 0 Å². The minimum atomic E-state index is -3.66. The van der Waals surface area contributed by atoms with Crippen molar-refractivity contribution in [3.63, 3.8) is 0 Å². The van der Waals surface area contributed by atoms with Gasteiger partial charge < -0.3 is 9.64 Å². The van der Waals surface area contributed by atoms with E-state index in [2.05, 4.69) is 5.92 Å². The molecule has 0 fully saturated rings. The summed E-state index contributed by atoms with van der Waals surface area (Å²) in [5.74, 6) is 1.07. The van der Waals surface area contributed by atoms with Crippen molar-refractivity contribution in [2.45, 2.75) is 18.4 Å². The van der Waals surface area contributed by atoms with Gasteiger partial charge in [0.15, 0.2) is 9.84 Å². The lowest BCUT2D eigenvalue weighted by molar-refractivity contribution is -0.134. The number of methoxy groups -OCH3 is 1. The van der Waals surface area contributed by atoms with Gasteiger partial charge in [0.1, 0.15) is 11.6 Å². The van der Waals surface area contributed by atoms with Gasteiger partial charge in [0, 0.05) is 12.5 Å². The lowest BCUT2D eigenvalue weighted by Gasteiger charge is -2.24. The molecule has 7 heteroatoms. The molecule has 2 aromatic carbocycles. The Labute approximate surface area is 165 Å². The number of terminal acetylenes is 1. The van der Waals surface area contributed by atoms with Crippen LogP contribution in [0, 0.1) is 24.1 Å². The second kappa shape index (κ2) is 9.38. The number of hydrogen-bond donors (Lipinski definition) is 0. The van der Waals surface area contributed by atoms with E-state index in [1.54, 1.807) is 31.2 Å². The van der Waals surface area contributed by atoms with Crippen LogP contribution < -0.4 is 4.74 Å². The van der Waals surface area contributed by atoms with E-state index in [4.69, 9.17) is 11.2 Å². The van der Waals surface area contributed by atoms with Crippen LogP contribution in [-0.2, 0) is 21.2 Å². The average Bonchev–Trinajstić information content (AvgIpc) is 2.68. The van der Waals surface area contributed by atoms with Crippen molar-refractivity contribution < 1.29 is 22.3 Å². The Bertz CT molecular complexity index is 947. The van der Waals surface area contributed by atoms with E-state index in [0.717, 1.165) is 0 Å². The second-order valence-electron chi connectivity index (χ2n) is 6.38. The highest BCUT2D eigenvalue weighted by atomic mass is 32.2. The number of nitrogens with zero attached hydrogens (tertiary/aromatic N) is 1. The smallest absolute Gasteiger partial charge is 0.227 e. The molecule has 0 N–H and O–H groups in total. The summed E-state index contributed by atoms with van der Waals surface area (Å²) in [7, 11) is -2.17. The summed E-state index contributed by atoms with van der Waals surface area (Å²) in [6.07, 6.45) is 5.36. The van der Waals surface area contributed by atoms with Gasteiger partial charge in [0.05, 0.1) is 24.3 Å². The van der Waals surface area contributed by atoms with Crippen LogP contribution in [0.2, 0.25) is 0 Å². The van der Waals surface area contributed by atoms with Crippen molar-refractivity contribution >= 4 is 15.7 Å². The molecule has 0 bridgehead atoms. The highest BCUT2D eigenvalue weighted by Gasteiger charge is 2.26. The number of ether oxygens (including phenoxy) is 1. The van der Waals surface area contributed by atoms with Crippen LogP contribution in [0.4, 0.5) is 4.39 Å². The molecule has 28 heavy (non-hydrogen) atoms. The Morgan fingerprint density at radius 1 is 1.18 bits per heavy atom. The van der Waals surface area contributed by atoms with Crippen molar-refractivity contribution in [1.29, 1.82) is 0 Å². The molecule has 0 aliphatic carbocycles. The molecule has 148 valence electrons. The Morgan fingerprint density at radius 3 is 2.32 bits per heavy atom. The number of sulfone groups is 1. The van der Waals surface area contributed by atoms with Crippen molar-refractivity contribution in [2.75, 3.05) is 19.4 Å². The van der Waals surface area contributed by atoms with Crippen LogP contribution in [0.15, 0.2) is 53.4 Å². The van der Waals surface area contributed by atoms with Crippen molar-refractivity contribution in [1.82, 2.24) is 4.90 Å². The molecule has 5 nitrogen and oxygen atoms in total. The van der Waals surface area contributed by atoms with E-state index >= 15 is 0 Å². The number of carbonyl (C=O) groups is 1. The van der Waals surface area contributed by atoms with Crippen LogP contribution in [0.1, 0.15) is 12.5 Å². The molecule has 1 atom stereocenters. The Morgan fingerprint density at radius 2 is 1.79 bits per heavy atom. The SMILES string of the molecule is C#CCN(Cc1ccc(F)cc1)C(=O)C(C)CS(=O)(=O)c1ccc(OC)cc1. The van der Waals surface area contributed by atoms with Gasteiger partial charge in [-0.3, -0.25) is 4.79 Å². The zero-order valence-corrected chi connectivity index (χ0v) is 16.6. The van der Waals surface area contributed by atoms with Gasteiger partial charge in [-0.1, -0.05) is 25.0 Å². The zero-order chi connectivity index (χ0) is 20.7. The molecule has 0 saturated carbocycles. The maximum Gasteiger partial charge on any atom is 0.227 e. The highest BCUT2D eigenvalue weighted by Crippen LogP contribution is 2.20. The van der Waals surface area contributed by atoms with Crippen molar-refractivity contribution in [2.24, 2.45) is 5.92 Å². The Balaban J connectivity index is 2.12. The fraction of sp³-hybridized carbons (Fsp3) is 0.286. The third-order valence-electron chi connectivity index (χ3n) is 4.19. The predicted octanol–water partition coefficient (Wildman–Crippen LogP) is 2.91. The number of benzene rings is 2. The third kappa shape index (κ3) is 5.57. The highest BCUT2D eigenvalue weighted by molar-refractivity contribution is 7.91. The molecular formula is C21H22FNO4S. The van der Waals surface area contributed by atoms with E-state index < -0.39 is 15.8 Å². The number of halogens is 1. The zero-order valence-electron chi connectivity index (χ0n) is 15.8. The first-order valence-corrected chi connectivity index (χ1v) is 10.3. The van der Waals surface area contributed by atoms with Crippen LogP contribution in [0.3, 0.4) is 0 Å². The van der Waals surface area contributed by atoms with E-state index in [1.165, 1.54) is 36.3 Å². The standard InChI is InChI=1S/C21H22FNO4S/c1-4-13-23(14-17-5-7-18(22)8-6-17)21(24)16(2)15-28(25,26)20-11-9-19(27-3)10-12-20/h1,5-12,16H,13-15H2,2-3H3. The van der Waals surface area contributed by atoms with Crippen LogP contribution >= 0.6 is 0 Å². The third-order valence-corrected chi connectivity index (χ3v) is 6.12. The molecule has 0 aliphatic heterocycles. The minimum Gasteiger partial charge on any atom is -0.497 e. The fourth-order valence-electron chi connectivity index (χ4n) is 2.72. The van der Waals surface area contributed by atoms with E-state index in [1.807, 2.05) is 0 Å². The summed E-state index contributed by atoms with van der Waals surface area (Å²) in [5, 5.41) is 0. The van der Waals surface area contributed by atoms with Crippen molar-refractivity contribution in [3.8, 4) is 18.1 Å². The molecule has 0 aromatic heterocycles. The molecule has 2 aromatic rings. The monoisotopic (exact) mass is 403 g/mol. The molecule has 1 amide bonds. The summed E-state index contributed by atoms with van der Waals surface area (Å²) in [6, 6.07) is 11.7. The van der Waals surface area contributed by atoms with E-state index in [0.29, 0.717) is 11.3 Å². The molecule has 2 rings (SSSR count). The van der Waals surface area contributed by atoms with Crippen LogP contribution in [0.5, 0.6) is 5.75 Å². The van der Waals surface area contributed by atoms with Gasteiger partial charge >= 0.3 is 0 Å². The quantitative estimate of drug-likeness (QED) is 0.636. The Hall–Kier alpha value is -2.85. The molecular weight excluding hydrogens is 381 g/mol. The van der Waals surface area contributed by atoms with Crippen molar-refractivity contribution in [3.05, 3.63) is 59.9 Å². The predicted molar refractivity (Wildman–Crippen MR) is 105 cm³/mol. The minimum absolute atomic E-state index is 0.0309. The van der Waals surface area contributed by atoms with E-state index in [9.17, 15) is 17.6 Å². The molecule has 0 radical (unpaired) electrons. The van der Waals surface area contributed by atoms with Gasteiger partial charge in [0.2, 0.25) is 5.91 Å². The number of amides is 1. The summed E-state index contributed by atoms with van der Waals surface area (Å²) < 4.78 is 43.4. The maximum atomic E-state index is 13.1. The topological polar surface area (TPSA) is 63.7 Å².